The smallest absolute Gasteiger partial charge is 0.178 e. The van der Waals surface area contributed by atoms with E-state index in [2.05, 4.69) is 16.0 Å². The molecule has 0 aliphatic heterocycles. The fraction of sp³-hybridized carbons (Fsp3) is 0.261. The molecule has 1 atom stereocenters. The topological polar surface area (TPSA) is 92.3 Å². The highest BCUT2D eigenvalue weighted by Crippen LogP contribution is 2.39. The minimum atomic E-state index is -3.32. The van der Waals surface area contributed by atoms with Gasteiger partial charge in [0.25, 0.3) is 0 Å². The van der Waals surface area contributed by atoms with E-state index in [1.165, 1.54) is 0 Å². The average Bonchev–Trinajstić information content (AvgIpc) is 3.13. The summed E-state index contributed by atoms with van der Waals surface area (Å²) in [5, 5.41) is 11.3. The second-order valence-electron chi connectivity index (χ2n) is 7.44. The molecule has 30 heavy (non-hydrogen) atoms. The first-order chi connectivity index (χ1) is 14.3. The number of fused-ring (bicyclic) bond motifs is 3. The van der Waals surface area contributed by atoms with Gasteiger partial charge in [-0.1, -0.05) is 19.1 Å². The molecule has 0 aliphatic rings. The SMILES string of the molecule is CCS(=O)(=O)c1cccc(-c2ccc(O[C@H](C)CO)c3[nH]c4ncc(C)cc4c23)c1. The van der Waals surface area contributed by atoms with Gasteiger partial charge in [-0.25, -0.2) is 13.4 Å². The van der Waals surface area contributed by atoms with Gasteiger partial charge in [-0.05, 0) is 60.9 Å². The van der Waals surface area contributed by atoms with E-state index >= 15 is 0 Å². The first-order valence-electron chi connectivity index (χ1n) is 9.85. The number of nitrogens with zero attached hydrogens (tertiary/aromatic N) is 1. The molecule has 0 saturated heterocycles. The number of benzene rings is 2. The maximum absolute atomic E-state index is 12.4. The molecule has 0 unspecified atom stereocenters. The highest BCUT2D eigenvalue weighted by atomic mass is 32.2. The van der Waals surface area contributed by atoms with Gasteiger partial charge in [-0.3, -0.25) is 0 Å². The average molecular weight is 425 g/mol. The number of hydrogen-bond donors (Lipinski definition) is 2. The Labute approximate surface area is 175 Å². The number of rotatable bonds is 6. The number of ether oxygens (including phenoxy) is 1. The number of pyridine rings is 1. The molecule has 2 aromatic heterocycles. The molecule has 2 heterocycles. The Morgan fingerprint density at radius 2 is 2.00 bits per heavy atom. The van der Waals surface area contributed by atoms with Crippen LogP contribution in [0.25, 0.3) is 33.1 Å². The molecule has 0 aliphatic carbocycles. The summed E-state index contributed by atoms with van der Waals surface area (Å²) in [4.78, 5) is 8.14. The van der Waals surface area contributed by atoms with E-state index in [4.69, 9.17) is 4.74 Å². The van der Waals surface area contributed by atoms with Gasteiger partial charge in [0.05, 0.1) is 22.8 Å². The molecule has 4 rings (SSSR count). The van der Waals surface area contributed by atoms with Crippen LogP contribution < -0.4 is 4.74 Å². The monoisotopic (exact) mass is 424 g/mol. The molecule has 0 fully saturated rings. The Morgan fingerprint density at radius 1 is 1.20 bits per heavy atom. The molecular formula is C23H24N2O4S. The molecule has 4 aromatic rings. The fourth-order valence-electron chi connectivity index (χ4n) is 3.58. The third-order valence-corrected chi connectivity index (χ3v) is 6.91. The van der Waals surface area contributed by atoms with E-state index in [1.807, 2.05) is 25.1 Å². The first-order valence-corrected chi connectivity index (χ1v) is 11.5. The number of H-pyrrole nitrogens is 1. The van der Waals surface area contributed by atoms with Crippen molar-refractivity contribution in [1.82, 2.24) is 9.97 Å². The minimum Gasteiger partial charge on any atom is -0.486 e. The van der Waals surface area contributed by atoms with Crippen molar-refractivity contribution in [3.8, 4) is 16.9 Å². The van der Waals surface area contributed by atoms with Crippen LogP contribution >= 0.6 is 0 Å². The number of aromatic amines is 1. The second-order valence-corrected chi connectivity index (χ2v) is 9.72. The molecule has 0 radical (unpaired) electrons. The van der Waals surface area contributed by atoms with Crippen LogP contribution in [0.15, 0.2) is 53.6 Å². The lowest BCUT2D eigenvalue weighted by molar-refractivity contribution is 0.131. The van der Waals surface area contributed by atoms with E-state index in [-0.39, 0.29) is 18.5 Å². The third kappa shape index (κ3) is 3.55. The quantitative estimate of drug-likeness (QED) is 0.483. The zero-order chi connectivity index (χ0) is 21.5. The Balaban J connectivity index is 2.02. The Kier molecular flexibility index (Phi) is 5.26. The Bertz CT molecular complexity index is 1340. The van der Waals surface area contributed by atoms with E-state index < -0.39 is 9.84 Å². The lowest BCUT2D eigenvalue weighted by atomic mass is 9.99. The van der Waals surface area contributed by atoms with Gasteiger partial charge in [0.2, 0.25) is 0 Å². The van der Waals surface area contributed by atoms with Crippen LogP contribution in [0.1, 0.15) is 19.4 Å². The third-order valence-electron chi connectivity index (χ3n) is 5.17. The highest BCUT2D eigenvalue weighted by Gasteiger charge is 2.18. The maximum Gasteiger partial charge on any atom is 0.178 e. The van der Waals surface area contributed by atoms with Gasteiger partial charge < -0.3 is 14.8 Å². The molecular weight excluding hydrogens is 400 g/mol. The summed E-state index contributed by atoms with van der Waals surface area (Å²) in [6.07, 6.45) is 1.43. The molecule has 0 amide bonds. The zero-order valence-electron chi connectivity index (χ0n) is 17.1. The van der Waals surface area contributed by atoms with E-state index in [0.29, 0.717) is 10.6 Å². The number of hydrogen-bond acceptors (Lipinski definition) is 5. The zero-order valence-corrected chi connectivity index (χ0v) is 18.0. The largest absolute Gasteiger partial charge is 0.486 e. The first kappa shape index (κ1) is 20.4. The summed E-state index contributed by atoms with van der Waals surface area (Å²) in [5.74, 6) is 0.664. The molecule has 7 heteroatoms. The van der Waals surface area contributed by atoms with Crippen molar-refractivity contribution in [2.24, 2.45) is 0 Å². The van der Waals surface area contributed by atoms with Crippen LogP contribution in [0.5, 0.6) is 5.75 Å². The van der Waals surface area contributed by atoms with Crippen LogP contribution in [0.3, 0.4) is 0 Å². The number of aliphatic hydroxyl groups is 1. The standard InChI is InChI=1S/C23H24N2O4S/c1-4-30(27,28)17-7-5-6-16(11-17)18-8-9-20(29-15(3)13-26)22-21(18)19-10-14(2)12-24-23(19)25-22/h5-12,15,26H,4,13H2,1-3H3,(H,24,25)/t15-/m1/s1. The Morgan fingerprint density at radius 3 is 2.73 bits per heavy atom. The maximum atomic E-state index is 12.4. The summed E-state index contributed by atoms with van der Waals surface area (Å²) in [6.45, 7) is 5.32. The molecule has 0 spiro atoms. The van der Waals surface area contributed by atoms with Crippen molar-refractivity contribution in [1.29, 1.82) is 0 Å². The lowest BCUT2D eigenvalue weighted by Gasteiger charge is -2.14. The van der Waals surface area contributed by atoms with Crippen LogP contribution in [0.4, 0.5) is 0 Å². The number of aryl methyl sites for hydroxylation is 1. The summed E-state index contributed by atoms with van der Waals surface area (Å²) in [7, 11) is -3.32. The molecule has 6 nitrogen and oxygen atoms in total. The van der Waals surface area contributed by atoms with E-state index in [9.17, 15) is 13.5 Å². The molecule has 2 N–H and O–H groups in total. The van der Waals surface area contributed by atoms with Crippen LogP contribution in [-0.4, -0.2) is 42.0 Å². The van der Waals surface area contributed by atoms with Crippen molar-refractivity contribution in [2.75, 3.05) is 12.4 Å². The minimum absolute atomic E-state index is 0.0495. The summed E-state index contributed by atoms with van der Waals surface area (Å²) < 4.78 is 30.7. The predicted molar refractivity (Wildman–Crippen MR) is 119 cm³/mol. The van der Waals surface area contributed by atoms with Crippen molar-refractivity contribution in [2.45, 2.75) is 31.8 Å². The van der Waals surface area contributed by atoms with Gasteiger partial charge in [0, 0.05) is 17.0 Å². The number of aromatic nitrogens is 2. The summed E-state index contributed by atoms with van der Waals surface area (Å²) in [6, 6.07) is 12.8. The van der Waals surface area contributed by atoms with E-state index in [1.54, 1.807) is 38.2 Å². The van der Waals surface area contributed by atoms with Gasteiger partial charge in [-0.2, -0.15) is 0 Å². The number of aliphatic hydroxyl groups excluding tert-OH is 1. The molecule has 0 bridgehead atoms. The lowest BCUT2D eigenvalue weighted by Crippen LogP contribution is -2.16. The van der Waals surface area contributed by atoms with Gasteiger partial charge in [-0.15, -0.1) is 0 Å². The van der Waals surface area contributed by atoms with Crippen LogP contribution in [0.2, 0.25) is 0 Å². The van der Waals surface area contributed by atoms with Gasteiger partial charge in [0.1, 0.15) is 17.5 Å². The van der Waals surface area contributed by atoms with Crippen molar-refractivity contribution in [3.63, 3.8) is 0 Å². The van der Waals surface area contributed by atoms with Crippen LogP contribution in [0, 0.1) is 6.92 Å². The van der Waals surface area contributed by atoms with Crippen molar-refractivity contribution in [3.05, 3.63) is 54.2 Å². The highest BCUT2D eigenvalue weighted by molar-refractivity contribution is 7.91. The van der Waals surface area contributed by atoms with Crippen molar-refractivity contribution < 1.29 is 18.3 Å². The molecule has 2 aromatic carbocycles. The normalized spacial score (nSPS) is 13.1. The number of nitrogens with one attached hydrogen (secondary N) is 1. The van der Waals surface area contributed by atoms with Gasteiger partial charge >= 0.3 is 0 Å². The number of sulfone groups is 1. The summed E-state index contributed by atoms with van der Waals surface area (Å²) in [5.41, 5.74) is 4.21. The predicted octanol–water partition coefficient (Wildman–Crippen LogP) is 4.24. The fourth-order valence-corrected chi connectivity index (χ4v) is 4.51. The Hall–Kier alpha value is -2.90. The van der Waals surface area contributed by atoms with Gasteiger partial charge in [0.15, 0.2) is 9.84 Å². The summed E-state index contributed by atoms with van der Waals surface area (Å²) >= 11 is 0. The van der Waals surface area contributed by atoms with Crippen LogP contribution in [-0.2, 0) is 9.84 Å². The second kappa shape index (κ2) is 7.74. The van der Waals surface area contributed by atoms with E-state index in [0.717, 1.165) is 38.6 Å². The molecule has 156 valence electrons. The van der Waals surface area contributed by atoms with Crippen molar-refractivity contribution >= 4 is 31.8 Å². The molecule has 0 saturated carbocycles.